The number of hydrogen-bond acceptors (Lipinski definition) is 4. The predicted molar refractivity (Wildman–Crippen MR) is 60.1 cm³/mol. The van der Waals surface area contributed by atoms with E-state index in [0.717, 1.165) is 30.8 Å². The molecule has 0 aliphatic carbocycles. The van der Waals surface area contributed by atoms with Crippen molar-refractivity contribution in [3.05, 3.63) is 17.7 Å². The fraction of sp³-hybridized carbons (Fsp3) is 0.500. The van der Waals surface area contributed by atoms with Gasteiger partial charge in [0.1, 0.15) is 6.54 Å². The van der Waals surface area contributed by atoms with Crippen LogP contribution in [0.15, 0.2) is 11.3 Å². The molecule has 6 heteroatoms. The number of amides is 1. The molecule has 0 fully saturated rings. The molecule has 0 aromatic carbocycles. The zero-order valence-electron chi connectivity index (χ0n) is 9.21. The summed E-state index contributed by atoms with van der Waals surface area (Å²) in [5, 5.41) is 5.71. The number of aromatic amines is 1. The molecule has 2 rings (SSSR count). The molecule has 16 heavy (non-hydrogen) atoms. The molecule has 0 spiro atoms. The van der Waals surface area contributed by atoms with E-state index in [1.807, 2.05) is 6.92 Å². The lowest BCUT2D eigenvalue weighted by atomic mass is 10.2. The summed E-state index contributed by atoms with van der Waals surface area (Å²) < 4.78 is 0. The summed E-state index contributed by atoms with van der Waals surface area (Å²) in [5.74, 6) is 0.536. The highest BCUT2D eigenvalue weighted by Crippen LogP contribution is 2.02. The first kappa shape index (κ1) is 10.7. The fourth-order valence-electron chi connectivity index (χ4n) is 1.56. The van der Waals surface area contributed by atoms with Crippen molar-refractivity contribution in [3.8, 4) is 0 Å². The molecule has 1 aliphatic heterocycles. The molecule has 1 aromatic heterocycles. The molecule has 0 saturated carbocycles. The predicted octanol–water partition coefficient (Wildman–Crippen LogP) is -0.274. The van der Waals surface area contributed by atoms with E-state index in [1.165, 1.54) is 0 Å². The number of aromatic nitrogens is 2. The summed E-state index contributed by atoms with van der Waals surface area (Å²) in [6.07, 6.45) is 3.59. The lowest BCUT2D eigenvalue weighted by Gasteiger charge is -2.04. The van der Waals surface area contributed by atoms with E-state index in [9.17, 15) is 4.79 Å². The monoisotopic (exact) mass is 221 g/mol. The zero-order chi connectivity index (χ0) is 11.4. The van der Waals surface area contributed by atoms with Gasteiger partial charge in [-0.1, -0.05) is 0 Å². The lowest BCUT2D eigenvalue weighted by molar-refractivity contribution is -0.117. The van der Waals surface area contributed by atoms with Gasteiger partial charge in [-0.2, -0.15) is 0 Å². The molecule has 0 unspecified atom stereocenters. The number of nitrogens with one attached hydrogen (secondary N) is 3. The van der Waals surface area contributed by atoms with Crippen LogP contribution < -0.4 is 10.6 Å². The first-order valence-corrected chi connectivity index (χ1v) is 5.33. The fourth-order valence-corrected chi connectivity index (χ4v) is 1.56. The SMILES string of the molecule is Cc1[nH]cnc1CCCNC1=NCC(=O)N1. The number of rotatable bonds is 4. The smallest absolute Gasteiger partial charge is 0.248 e. The summed E-state index contributed by atoms with van der Waals surface area (Å²) in [6.45, 7) is 3.03. The molecule has 0 bridgehead atoms. The number of carbonyl (C=O) groups is 1. The number of nitrogens with zero attached hydrogens (tertiary/aromatic N) is 2. The van der Waals surface area contributed by atoms with Crippen LogP contribution in [0.3, 0.4) is 0 Å². The van der Waals surface area contributed by atoms with Crippen LogP contribution in [-0.2, 0) is 11.2 Å². The van der Waals surface area contributed by atoms with E-state index in [0.29, 0.717) is 5.96 Å². The maximum absolute atomic E-state index is 10.8. The largest absolute Gasteiger partial charge is 0.356 e. The Morgan fingerprint density at radius 1 is 1.56 bits per heavy atom. The standard InChI is InChI=1S/C10H15N5O/c1-7-8(14-6-13-7)3-2-4-11-10-12-5-9(16)15-10/h6H,2-5H2,1H3,(H,13,14)(H2,11,12,15,16). The third-order valence-electron chi connectivity index (χ3n) is 2.46. The third-order valence-corrected chi connectivity index (χ3v) is 2.46. The molecule has 2 heterocycles. The second kappa shape index (κ2) is 4.78. The van der Waals surface area contributed by atoms with Gasteiger partial charge >= 0.3 is 0 Å². The molecular formula is C10H15N5O. The summed E-state index contributed by atoms with van der Waals surface area (Å²) in [6, 6.07) is 0. The Morgan fingerprint density at radius 2 is 2.44 bits per heavy atom. The maximum atomic E-state index is 10.8. The Morgan fingerprint density at radius 3 is 3.06 bits per heavy atom. The number of H-pyrrole nitrogens is 1. The van der Waals surface area contributed by atoms with Gasteiger partial charge in [-0.15, -0.1) is 0 Å². The van der Waals surface area contributed by atoms with Crippen molar-refractivity contribution in [2.75, 3.05) is 13.1 Å². The molecule has 6 nitrogen and oxygen atoms in total. The van der Waals surface area contributed by atoms with Gasteiger partial charge in [0, 0.05) is 12.2 Å². The first-order valence-electron chi connectivity index (χ1n) is 5.33. The van der Waals surface area contributed by atoms with Crippen molar-refractivity contribution in [2.24, 2.45) is 4.99 Å². The quantitative estimate of drug-likeness (QED) is 0.612. The Labute approximate surface area is 93.6 Å². The minimum atomic E-state index is -0.0503. The molecule has 0 atom stereocenters. The number of aliphatic imine (C=N–C) groups is 1. The van der Waals surface area contributed by atoms with Crippen LogP contribution >= 0.6 is 0 Å². The van der Waals surface area contributed by atoms with Crippen molar-refractivity contribution in [1.82, 2.24) is 20.6 Å². The van der Waals surface area contributed by atoms with Gasteiger partial charge < -0.3 is 10.3 Å². The number of guanidine groups is 1. The molecule has 86 valence electrons. The van der Waals surface area contributed by atoms with Gasteiger partial charge in [0.2, 0.25) is 5.91 Å². The Hall–Kier alpha value is -1.85. The van der Waals surface area contributed by atoms with E-state index in [1.54, 1.807) is 6.33 Å². The highest BCUT2D eigenvalue weighted by molar-refractivity contribution is 6.02. The average molecular weight is 221 g/mol. The number of hydrogen-bond donors (Lipinski definition) is 3. The summed E-state index contributed by atoms with van der Waals surface area (Å²) >= 11 is 0. The van der Waals surface area contributed by atoms with E-state index in [4.69, 9.17) is 0 Å². The van der Waals surface area contributed by atoms with E-state index >= 15 is 0 Å². The summed E-state index contributed by atoms with van der Waals surface area (Å²) in [4.78, 5) is 22.1. The first-order chi connectivity index (χ1) is 7.75. The molecule has 1 aromatic rings. The van der Waals surface area contributed by atoms with Gasteiger partial charge in [-0.05, 0) is 19.8 Å². The summed E-state index contributed by atoms with van der Waals surface area (Å²) in [5.41, 5.74) is 2.21. The molecular weight excluding hydrogens is 206 g/mol. The van der Waals surface area contributed by atoms with Gasteiger partial charge in [-0.25, -0.2) is 9.98 Å². The van der Waals surface area contributed by atoms with E-state index < -0.39 is 0 Å². The summed E-state index contributed by atoms with van der Waals surface area (Å²) in [7, 11) is 0. The van der Waals surface area contributed by atoms with Crippen LogP contribution in [0.25, 0.3) is 0 Å². The molecule has 1 amide bonds. The lowest BCUT2D eigenvalue weighted by Crippen LogP contribution is -2.36. The van der Waals surface area contributed by atoms with Gasteiger partial charge in [0.05, 0.1) is 12.0 Å². The van der Waals surface area contributed by atoms with Crippen molar-refractivity contribution < 1.29 is 4.79 Å². The Kier molecular flexibility index (Phi) is 3.19. The second-order valence-corrected chi connectivity index (χ2v) is 3.72. The minimum Gasteiger partial charge on any atom is -0.356 e. The minimum absolute atomic E-state index is 0.0503. The third kappa shape index (κ3) is 2.59. The van der Waals surface area contributed by atoms with E-state index in [-0.39, 0.29) is 12.5 Å². The second-order valence-electron chi connectivity index (χ2n) is 3.72. The van der Waals surface area contributed by atoms with Gasteiger partial charge in [0.15, 0.2) is 5.96 Å². The maximum Gasteiger partial charge on any atom is 0.248 e. The Balaban J connectivity index is 1.66. The van der Waals surface area contributed by atoms with Crippen LogP contribution in [0, 0.1) is 6.92 Å². The van der Waals surface area contributed by atoms with Crippen molar-refractivity contribution in [3.63, 3.8) is 0 Å². The van der Waals surface area contributed by atoms with E-state index in [2.05, 4.69) is 25.6 Å². The highest BCUT2D eigenvalue weighted by atomic mass is 16.2. The zero-order valence-corrected chi connectivity index (χ0v) is 9.21. The Bertz CT molecular complexity index is 409. The number of imidazole rings is 1. The number of aryl methyl sites for hydroxylation is 2. The van der Waals surface area contributed by atoms with Crippen molar-refractivity contribution in [2.45, 2.75) is 19.8 Å². The van der Waals surface area contributed by atoms with Crippen LogP contribution in [0.2, 0.25) is 0 Å². The van der Waals surface area contributed by atoms with Crippen LogP contribution in [-0.4, -0.2) is 34.9 Å². The average Bonchev–Trinajstić information content (AvgIpc) is 2.83. The normalized spacial score (nSPS) is 14.8. The van der Waals surface area contributed by atoms with Crippen LogP contribution in [0.1, 0.15) is 17.8 Å². The molecule has 0 radical (unpaired) electrons. The molecule has 0 saturated heterocycles. The highest BCUT2D eigenvalue weighted by Gasteiger charge is 2.11. The van der Waals surface area contributed by atoms with Crippen molar-refractivity contribution in [1.29, 1.82) is 0 Å². The van der Waals surface area contributed by atoms with Gasteiger partial charge in [-0.3, -0.25) is 10.1 Å². The topological polar surface area (TPSA) is 82.2 Å². The van der Waals surface area contributed by atoms with Crippen LogP contribution in [0.4, 0.5) is 0 Å². The number of carbonyl (C=O) groups excluding carboxylic acids is 1. The van der Waals surface area contributed by atoms with Gasteiger partial charge in [0.25, 0.3) is 0 Å². The molecule has 1 aliphatic rings. The van der Waals surface area contributed by atoms with Crippen LogP contribution in [0.5, 0.6) is 0 Å². The van der Waals surface area contributed by atoms with Crippen molar-refractivity contribution >= 4 is 11.9 Å². The molecule has 3 N–H and O–H groups in total.